The van der Waals surface area contributed by atoms with Crippen molar-refractivity contribution in [3.63, 3.8) is 0 Å². The molecule has 0 saturated heterocycles. The smallest absolute Gasteiger partial charge is 0.227 e. The number of amides is 1. The fourth-order valence-corrected chi connectivity index (χ4v) is 2.84. The van der Waals surface area contributed by atoms with E-state index in [1.165, 1.54) is 0 Å². The molecule has 0 spiro atoms. The van der Waals surface area contributed by atoms with Crippen LogP contribution in [-0.2, 0) is 17.6 Å². The van der Waals surface area contributed by atoms with Crippen LogP contribution in [-0.4, -0.2) is 11.9 Å². The third kappa shape index (κ3) is 2.29. The van der Waals surface area contributed by atoms with Gasteiger partial charge in [0.15, 0.2) is 0 Å². The Hall–Kier alpha value is -2.23. The Kier molecular flexibility index (Phi) is 3.22. The number of nitrogens with zero attached hydrogens (tertiary/aromatic N) is 1. The predicted octanol–water partition coefficient (Wildman–Crippen LogP) is 2.77. The van der Waals surface area contributed by atoms with E-state index >= 15 is 0 Å². The number of benzene rings is 1. The van der Waals surface area contributed by atoms with Crippen LogP contribution >= 0.6 is 0 Å². The summed E-state index contributed by atoms with van der Waals surface area (Å²) in [6.07, 6.45) is 3.60. The van der Waals surface area contributed by atoms with Gasteiger partial charge < -0.3 is 15.1 Å². The first kappa shape index (κ1) is 12.8. The molecule has 1 aromatic heterocycles. The van der Waals surface area contributed by atoms with Crippen molar-refractivity contribution < 1.29 is 9.21 Å². The lowest BCUT2D eigenvalue weighted by Gasteiger charge is -2.22. The van der Waals surface area contributed by atoms with Crippen molar-refractivity contribution in [3.8, 4) is 0 Å². The lowest BCUT2D eigenvalue weighted by molar-refractivity contribution is -0.118. The Morgan fingerprint density at radius 2 is 2.30 bits per heavy atom. The van der Waals surface area contributed by atoms with Crippen molar-refractivity contribution in [2.75, 3.05) is 10.6 Å². The molecule has 2 N–H and O–H groups in total. The standard InChI is InChI=1S/C16H18N2O2/c1-11-9-12-10-13(17)4-6-15(12)18(11)16(19)7-5-14-3-2-8-20-14/h2-4,6,8,10-11H,5,7,9,17H2,1H3. The molecule has 20 heavy (non-hydrogen) atoms. The van der Waals surface area contributed by atoms with Crippen LogP contribution in [0.3, 0.4) is 0 Å². The molecule has 1 amide bonds. The number of anilines is 2. The van der Waals surface area contributed by atoms with Gasteiger partial charge in [0.1, 0.15) is 5.76 Å². The Labute approximate surface area is 118 Å². The molecule has 1 atom stereocenters. The average Bonchev–Trinajstić information content (AvgIpc) is 3.02. The van der Waals surface area contributed by atoms with Crippen molar-refractivity contribution in [1.29, 1.82) is 0 Å². The SMILES string of the molecule is CC1Cc2cc(N)ccc2N1C(=O)CCc1ccco1. The van der Waals surface area contributed by atoms with E-state index in [-0.39, 0.29) is 11.9 Å². The summed E-state index contributed by atoms with van der Waals surface area (Å²) in [5.41, 5.74) is 8.71. The van der Waals surface area contributed by atoms with Gasteiger partial charge in [0.05, 0.1) is 6.26 Å². The number of hydrogen-bond donors (Lipinski definition) is 1. The Bertz CT molecular complexity index is 619. The maximum atomic E-state index is 12.5. The van der Waals surface area contributed by atoms with Crippen LogP contribution < -0.4 is 10.6 Å². The van der Waals surface area contributed by atoms with Crippen molar-refractivity contribution in [1.82, 2.24) is 0 Å². The van der Waals surface area contributed by atoms with Crippen molar-refractivity contribution in [2.45, 2.75) is 32.2 Å². The number of aryl methyl sites for hydroxylation is 1. The van der Waals surface area contributed by atoms with Crippen LogP contribution in [0.2, 0.25) is 0 Å². The van der Waals surface area contributed by atoms with E-state index in [0.29, 0.717) is 12.8 Å². The molecular weight excluding hydrogens is 252 g/mol. The number of fused-ring (bicyclic) bond motifs is 1. The zero-order valence-electron chi connectivity index (χ0n) is 11.5. The zero-order valence-corrected chi connectivity index (χ0v) is 11.5. The van der Waals surface area contributed by atoms with Crippen molar-refractivity contribution >= 4 is 17.3 Å². The molecule has 0 saturated carbocycles. The number of nitrogen functional groups attached to an aromatic ring is 1. The highest BCUT2D eigenvalue weighted by Gasteiger charge is 2.30. The maximum absolute atomic E-state index is 12.5. The Morgan fingerprint density at radius 1 is 1.45 bits per heavy atom. The molecule has 1 unspecified atom stereocenters. The minimum Gasteiger partial charge on any atom is -0.469 e. The first-order valence-corrected chi connectivity index (χ1v) is 6.88. The molecular formula is C16H18N2O2. The second kappa shape index (κ2) is 5.04. The summed E-state index contributed by atoms with van der Waals surface area (Å²) in [6.45, 7) is 2.07. The molecule has 1 aromatic carbocycles. The number of carbonyl (C=O) groups is 1. The first-order chi connectivity index (χ1) is 9.65. The van der Waals surface area contributed by atoms with Gasteiger partial charge in [-0.25, -0.2) is 0 Å². The van der Waals surface area contributed by atoms with Gasteiger partial charge >= 0.3 is 0 Å². The Morgan fingerprint density at radius 3 is 3.05 bits per heavy atom. The summed E-state index contributed by atoms with van der Waals surface area (Å²) in [7, 11) is 0. The Balaban J connectivity index is 1.75. The highest BCUT2D eigenvalue weighted by atomic mass is 16.3. The van der Waals surface area contributed by atoms with E-state index < -0.39 is 0 Å². The number of rotatable bonds is 3. The van der Waals surface area contributed by atoms with Crippen LogP contribution in [0, 0.1) is 0 Å². The minimum absolute atomic E-state index is 0.137. The largest absolute Gasteiger partial charge is 0.469 e. The third-order valence-electron chi connectivity index (χ3n) is 3.75. The van der Waals surface area contributed by atoms with Crippen LogP contribution in [0.1, 0.15) is 24.7 Å². The molecule has 1 aliphatic heterocycles. The highest BCUT2D eigenvalue weighted by Crippen LogP contribution is 2.34. The third-order valence-corrected chi connectivity index (χ3v) is 3.75. The summed E-state index contributed by atoms with van der Waals surface area (Å²) in [5, 5.41) is 0. The number of furan rings is 1. The zero-order chi connectivity index (χ0) is 14.1. The van der Waals surface area contributed by atoms with Crippen LogP contribution in [0.25, 0.3) is 0 Å². The van der Waals surface area contributed by atoms with Crippen LogP contribution in [0.15, 0.2) is 41.0 Å². The second-order valence-electron chi connectivity index (χ2n) is 5.28. The quantitative estimate of drug-likeness (QED) is 0.872. The van der Waals surface area contributed by atoms with E-state index in [1.54, 1.807) is 6.26 Å². The van der Waals surface area contributed by atoms with E-state index in [4.69, 9.17) is 10.2 Å². The molecule has 0 fully saturated rings. The van der Waals surface area contributed by atoms with E-state index in [1.807, 2.05) is 35.2 Å². The number of hydrogen-bond acceptors (Lipinski definition) is 3. The molecule has 104 valence electrons. The van der Waals surface area contributed by atoms with Gasteiger partial charge in [-0.15, -0.1) is 0 Å². The molecule has 0 radical (unpaired) electrons. The van der Waals surface area contributed by atoms with Gasteiger partial charge in [0, 0.05) is 30.3 Å². The van der Waals surface area contributed by atoms with E-state index in [9.17, 15) is 4.79 Å². The van der Waals surface area contributed by atoms with Gasteiger partial charge in [-0.1, -0.05) is 0 Å². The molecule has 1 aliphatic rings. The van der Waals surface area contributed by atoms with E-state index in [2.05, 4.69) is 6.92 Å². The number of nitrogens with two attached hydrogens (primary N) is 1. The summed E-state index contributed by atoms with van der Waals surface area (Å²) in [4.78, 5) is 14.3. The summed E-state index contributed by atoms with van der Waals surface area (Å²) < 4.78 is 5.27. The van der Waals surface area contributed by atoms with Crippen LogP contribution in [0.5, 0.6) is 0 Å². The highest BCUT2D eigenvalue weighted by molar-refractivity contribution is 5.96. The average molecular weight is 270 g/mol. The summed E-state index contributed by atoms with van der Waals surface area (Å²) in [5.74, 6) is 0.986. The first-order valence-electron chi connectivity index (χ1n) is 6.88. The predicted molar refractivity (Wildman–Crippen MR) is 78.5 cm³/mol. The number of carbonyl (C=O) groups excluding carboxylic acids is 1. The molecule has 4 nitrogen and oxygen atoms in total. The fraction of sp³-hybridized carbons (Fsp3) is 0.312. The lowest BCUT2D eigenvalue weighted by Crippen LogP contribution is -2.35. The summed E-state index contributed by atoms with van der Waals surface area (Å²) >= 11 is 0. The topological polar surface area (TPSA) is 59.5 Å². The van der Waals surface area contributed by atoms with Crippen LogP contribution in [0.4, 0.5) is 11.4 Å². The molecule has 0 bridgehead atoms. The second-order valence-corrected chi connectivity index (χ2v) is 5.28. The van der Waals surface area contributed by atoms with Gasteiger partial charge in [0.25, 0.3) is 0 Å². The van der Waals surface area contributed by atoms with E-state index in [0.717, 1.165) is 29.1 Å². The molecule has 3 rings (SSSR count). The fourth-order valence-electron chi connectivity index (χ4n) is 2.84. The van der Waals surface area contributed by atoms with Gasteiger partial charge in [-0.2, -0.15) is 0 Å². The molecule has 2 heterocycles. The minimum atomic E-state index is 0.137. The van der Waals surface area contributed by atoms with Gasteiger partial charge in [-0.3, -0.25) is 4.79 Å². The normalized spacial score (nSPS) is 17.2. The van der Waals surface area contributed by atoms with Gasteiger partial charge in [-0.05, 0) is 49.2 Å². The van der Waals surface area contributed by atoms with Crippen molar-refractivity contribution in [2.24, 2.45) is 0 Å². The monoisotopic (exact) mass is 270 g/mol. The molecule has 0 aliphatic carbocycles. The molecule has 2 aromatic rings. The van der Waals surface area contributed by atoms with Gasteiger partial charge in [0.2, 0.25) is 5.91 Å². The lowest BCUT2D eigenvalue weighted by atomic mass is 10.1. The molecule has 4 heteroatoms. The van der Waals surface area contributed by atoms with Crippen molar-refractivity contribution in [3.05, 3.63) is 47.9 Å². The maximum Gasteiger partial charge on any atom is 0.227 e. The summed E-state index contributed by atoms with van der Waals surface area (Å²) in [6, 6.07) is 9.69.